The van der Waals surface area contributed by atoms with Gasteiger partial charge in [0.2, 0.25) is 0 Å². The quantitative estimate of drug-likeness (QED) is 0.863. The molecule has 0 unspecified atom stereocenters. The minimum atomic E-state index is 0.134. The van der Waals surface area contributed by atoms with Gasteiger partial charge in [0.1, 0.15) is 17.2 Å². The highest BCUT2D eigenvalue weighted by atomic mass is 16.5. The van der Waals surface area contributed by atoms with E-state index < -0.39 is 0 Å². The zero-order chi connectivity index (χ0) is 15.7. The normalized spacial score (nSPS) is 16.1. The van der Waals surface area contributed by atoms with Gasteiger partial charge in [-0.3, -0.25) is 4.79 Å². The molecule has 0 aliphatic heterocycles. The summed E-state index contributed by atoms with van der Waals surface area (Å²) in [6, 6.07) is 0. The maximum atomic E-state index is 11.5. The number of ether oxygens (including phenoxy) is 1. The Labute approximate surface area is 131 Å². The standard InChI is InChI=1S/C18H24N2O2/c1-12(21)9-14-10-19-18-16(17(14)22-3)15(11-20(18)2)13-7-5-4-6-8-13/h10-11,13H,4-9H2,1-3H3. The van der Waals surface area contributed by atoms with Crippen molar-refractivity contribution in [3.05, 3.63) is 23.5 Å². The molecule has 1 aliphatic rings. The maximum Gasteiger partial charge on any atom is 0.143 e. The second kappa shape index (κ2) is 6.11. The Morgan fingerprint density at radius 1 is 1.36 bits per heavy atom. The van der Waals surface area contributed by atoms with Crippen LogP contribution in [0.3, 0.4) is 0 Å². The number of hydrogen-bond donors (Lipinski definition) is 0. The molecule has 0 saturated heterocycles. The fraction of sp³-hybridized carbons (Fsp3) is 0.556. The van der Waals surface area contributed by atoms with E-state index in [0.29, 0.717) is 12.3 Å². The van der Waals surface area contributed by atoms with Gasteiger partial charge in [-0.25, -0.2) is 4.98 Å². The van der Waals surface area contributed by atoms with Crippen molar-refractivity contribution >= 4 is 16.8 Å². The predicted molar refractivity (Wildman–Crippen MR) is 87.5 cm³/mol. The van der Waals surface area contributed by atoms with E-state index >= 15 is 0 Å². The molecule has 0 bridgehead atoms. The summed E-state index contributed by atoms with van der Waals surface area (Å²) in [5.74, 6) is 1.55. The van der Waals surface area contributed by atoms with Crippen molar-refractivity contribution in [2.75, 3.05) is 7.11 Å². The number of aryl methyl sites for hydroxylation is 1. The number of fused-ring (bicyclic) bond motifs is 1. The summed E-state index contributed by atoms with van der Waals surface area (Å²) < 4.78 is 7.78. The lowest BCUT2D eigenvalue weighted by molar-refractivity contribution is -0.116. The van der Waals surface area contributed by atoms with Crippen LogP contribution in [-0.2, 0) is 18.3 Å². The number of hydrogen-bond acceptors (Lipinski definition) is 3. The topological polar surface area (TPSA) is 44.1 Å². The number of nitrogens with zero attached hydrogens (tertiary/aromatic N) is 2. The lowest BCUT2D eigenvalue weighted by Crippen LogP contribution is -2.05. The predicted octanol–water partition coefficient (Wildman–Crippen LogP) is 3.76. The molecule has 118 valence electrons. The van der Waals surface area contributed by atoms with E-state index in [4.69, 9.17) is 4.74 Å². The Bertz CT molecular complexity index is 697. The fourth-order valence-electron chi connectivity index (χ4n) is 3.74. The molecule has 4 nitrogen and oxygen atoms in total. The molecule has 0 N–H and O–H groups in total. The van der Waals surface area contributed by atoms with E-state index in [-0.39, 0.29) is 5.78 Å². The maximum absolute atomic E-state index is 11.5. The van der Waals surface area contributed by atoms with Gasteiger partial charge < -0.3 is 9.30 Å². The van der Waals surface area contributed by atoms with Gasteiger partial charge in [-0.15, -0.1) is 0 Å². The monoisotopic (exact) mass is 300 g/mol. The third kappa shape index (κ3) is 2.62. The SMILES string of the molecule is COc1c(CC(C)=O)cnc2c1c(C1CCCCC1)cn2C. The van der Waals surface area contributed by atoms with E-state index in [1.165, 1.54) is 37.7 Å². The van der Waals surface area contributed by atoms with Crippen LogP contribution in [0.5, 0.6) is 5.75 Å². The van der Waals surface area contributed by atoms with E-state index in [0.717, 1.165) is 22.3 Å². The molecule has 0 amide bonds. The zero-order valence-electron chi connectivity index (χ0n) is 13.7. The van der Waals surface area contributed by atoms with Gasteiger partial charge in [0.15, 0.2) is 0 Å². The number of carbonyl (C=O) groups is 1. The number of carbonyl (C=O) groups excluding carboxylic acids is 1. The molecule has 2 heterocycles. The molecule has 0 aromatic carbocycles. The molecule has 1 saturated carbocycles. The van der Waals surface area contributed by atoms with Gasteiger partial charge in [-0.2, -0.15) is 0 Å². The van der Waals surface area contributed by atoms with Gasteiger partial charge in [0, 0.05) is 31.4 Å². The zero-order valence-corrected chi connectivity index (χ0v) is 13.7. The van der Waals surface area contributed by atoms with Gasteiger partial charge in [0.05, 0.1) is 12.5 Å². The Morgan fingerprint density at radius 2 is 2.09 bits per heavy atom. The minimum Gasteiger partial charge on any atom is -0.496 e. The summed E-state index contributed by atoms with van der Waals surface area (Å²) in [4.78, 5) is 16.1. The third-order valence-corrected chi connectivity index (χ3v) is 4.73. The molecule has 22 heavy (non-hydrogen) atoms. The molecule has 3 rings (SSSR count). The minimum absolute atomic E-state index is 0.134. The first-order valence-electron chi connectivity index (χ1n) is 8.12. The smallest absolute Gasteiger partial charge is 0.143 e. The van der Waals surface area contributed by atoms with Gasteiger partial charge >= 0.3 is 0 Å². The number of pyridine rings is 1. The van der Waals surface area contributed by atoms with Crippen LogP contribution in [0.2, 0.25) is 0 Å². The van der Waals surface area contributed by atoms with Crippen LogP contribution in [0.25, 0.3) is 11.0 Å². The summed E-state index contributed by atoms with van der Waals surface area (Å²) >= 11 is 0. The average molecular weight is 300 g/mol. The number of Topliss-reactive ketones (excluding diaryl/α,β-unsaturated/α-hetero) is 1. The molecule has 2 aromatic rings. The first-order valence-corrected chi connectivity index (χ1v) is 8.12. The van der Waals surface area contributed by atoms with Crippen LogP contribution in [0.15, 0.2) is 12.4 Å². The number of rotatable bonds is 4. The average Bonchev–Trinajstić information content (AvgIpc) is 2.85. The summed E-state index contributed by atoms with van der Waals surface area (Å²) in [5.41, 5.74) is 3.18. The van der Waals surface area contributed by atoms with Crippen molar-refractivity contribution < 1.29 is 9.53 Å². The van der Waals surface area contributed by atoms with Crippen LogP contribution in [0.4, 0.5) is 0 Å². The van der Waals surface area contributed by atoms with Gasteiger partial charge in [0.25, 0.3) is 0 Å². The number of ketones is 1. The Morgan fingerprint density at radius 3 is 2.73 bits per heavy atom. The van der Waals surface area contributed by atoms with Crippen LogP contribution in [0.1, 0.15) is 56.1 Å². The number of aromatic nitrogens is 2. The Hall–Kier alpha value is -1.84. The van der Waals surface area contributed by atoms with Crippen molar-refractivity contribution in [3.8, 4) is 5.75 Å². The summed E-state index contributed by atoms with van der Waals surface area (Å²) in [6.07, 6.45) is 10.8. The summed E-state index contributed by atoms with van der Waals surface area (Å²) in [6.45, 7) is 1.61. The third-order valence-electron chi connectivity index (χ3n) is 4.73. The van der Waals surface area contributed by atoms with Crippen molar-refractivity contribution in [1.82, 2.24) is 9.55 Å². The van der Waals surface area contributed by atoms with Crippen molar-refractivity contribution in [2.45, 2.75) is 51.4 Å². The van der Waals surface area contributed by atoms with Crippen molar-refractivity contribution in [1.29, 1.82) is 0 Å². The van der Waals surface area contributed by atoms with Crippen LogP contribution in [-0.4, -0.2) is 22.4 Å². The second-order valence-corrected chi connectivity index (χ2v) is 6.42. The highest BCUT2D eigenvalue weighted by Crippen LogP contribution is 2.41. The van der Waals surface area contributed by atoms with Crippen molar-refractivity contribution in [2.24, 2.45) is 7.05 Å². The molecule has 2 aromatic heterocycles. The molecular formula is C18H24N2O2. The molecule has 0 atom stereocenters. The van der Waals surface area contributed by atoms with Crippen LogP contribution < -0.4 is 4.74 Å². The molecule has 1 aliphatic carbocycles. The first-order chi connectivity index (χ1) is 10.6. The van der Waals surface area contributed by atoms with Crippen molar-refractivity contribution in [3.63, 3.8) is 0 Å². The summed E-state index contributed by atoms with van der Waals surface area (Å²) in [5, 5.41) is 1.11. The number of methoxy groups -OCH3 is 1. The molecule has 0 spiro atoms. The Kier molecular flexibility index (Phi) is 4.19. The molecule has 1 fully saturated rings. The van der Waals surface area contributed by atoms with E-state index in [9.17, 15) is 4.79 Å². The van der Waals surface area contributed by atoms with Gasteiger partial charge in [-0.1, -0.05) is 19.3 Å². The summed E-state index contributed by atoms with van der Waals surface area (Å²) in [7, 11) is 3.72. The van der Waals surface area contributed by atoms with E-state index in [1.54, 1.807) is 20.2 Å². The molecular weight excluding hydrogens is 276 g/mol. The molecule has 0 radical (unpaired) electrons. The van der Waals surface area contributed by atoms with E-state index in [1.807, 2.05) is 7.05 Å². The second-order valence-electron chi connectivity index (χ2n) is 6.42. The first kappa shape index (κ1) is 15.1. The van der Waals surface area contributed by atoms with Crippen LogP contribution >= 0.6 is 0 Å². The van der Waals surface area contributed by atoms with E-state index in [2.05, 4.69) is 15.7 Å². The largest absolute Gasteiger partial charge is 0.496 e. The highest BCUT2D eigenvalue weighted by Gasteiger charge is 2.24. The fourth-order valence-corrected chi connectivity index (χ4v) is 3.74. The van der Waals surface area contributed by atoms with Gasteiger partial charge in [-0.05, 0) is 31.2 Å². The molecule has 4 heteroatoms. The lowest BCUT2D eigenvalue weighted by atomic mass is 9.84. The Balaban J connectivity index is 2.17. The lowest BCUT2D eigenvalue weighted by Gasteiger charge is -2.21. The highest BCUT2D eigenvalue weighted by molar-refractivity contribution is 5.90. The van der Waals surface area contributed by atoms with Crippen LogP contribution in [0, 0.1) is 0 Å².